The summed E-state index contributed by atoms with van der Waals surface area (Å²) in [5.41, 5.74) is 1.02. The van der Waals surface area contributed by atoms with Crippen LogP contribution in [-0.2, 0) is 6.32 Å². The van der Waals surface area contributed by atoms with Crippen LogP contribution in [0.5, 0.6) is 5.75 Å². The summed E-state index contributed by atoms with van der Waals surface area (Å²) >= 11 is 3.36. The van der Waals surface area contributed by atoms with Crippen molar-refractivity contribution in [1.29, 1.82) is 0 Å². The van der Waals surface area contributed by atoms with Gasteiger partial charge in [0.1, 0.15) is 5.75 Å². The summed E-state index contributed by atoms with van der Waals surface area (Å²) in [6, 6.07) is 5.78. The first-order chi connectivity index (χ1) is 5.27. The van der Waals surface area contributed by atoms with Crippen LogP contribution in [-0.4, -0.2) is 15.0 Å². The number of hydrogen-bond donors (Lipinski definition) is 0. The van der Waals surface area contributed by atoms with Gasteiger partial charge in [-0.1, -0.05) is 22.3 Å². The van der Waals surface area contributed by atoms with Crippen LogP contribution in [0.2, 0.25) is 0 Å². The van der Waals surface area contributed by atoms with E-state index in [1.165, 1.54) is 0 Å². The van der Waals surface area contributed by atoms with E-state index in [2.05, 4.69) is 15.9 Å². The molecule has 1 nitrogen and oxygen atoms in total. The second-order valence-electron chi connectivity index (χ2n) is 2.16. The molecule has 1 aromatic carbocycles. The monoisotopic (exact) mass is 210 g/mol. The number of methoxy groups -OCH3 is 1. The van der Waals surface area contributed by atoms with Crippen molar-refractivity contribution in [3.8, 4) is 5.75 Å². The summed E-state index contributed by atoms with van der Waals surface area (Å²) < 4.78 is 6.12. The molecule has 56 valence electrons. The normalized spacial score (nSPS) is 9.64. The molecule has 0 unspecified atom stereocenters. The molecule has 0 fully saturated rings. The minimum Gasteiger partial charge on any atom is -0.497 e. The lowest BCUT2D eigenvalue weighted by Crippen LogP contribution is -1.91. The molecule has 0 spiro atoms. The van der Waals surface area contributed by atoms with E-state index in [1.807, 2.05) is 18.2 Å². The van der Waals surface area contributed by atoms with E-state index in [0.717, 1.165) is 15.8 Å². The van der Waals surface area contributed by atoms with Crippen molar-refractivity contribution >= 4 is 23.8 Å². The molecule has 0 aliphatic heterocycles. The van der Waals surface area contributed by atoms with Gasteiger partial charge in [0.05, 0.1) is 15.0 Å². The Labute approximate surface area is 76.3 Å². The zero-order valence-electron chi connectivity index (χ0n) is 6.30. The Kier molecular flexibility index (Phi) is 3.00. The highest BCUT2D eigenvalue weighted by Gasteiger charge is 1.99. The molecular weight excluding hydrogens is 203 g/mol. The lowest BCUT2D eigenvalue weighted by atomic mass is 9.96. The molecule has 0 saturated carbocycles. The highest BCUT2D eigenvalue weighted by molar-refractivity contribution is 9.10. The molecule has 0 aromatic heterocycles. The van der Waals surface area contributed by atoms with Crippen molar-refractivity contribution in [2.75, 3.05) is 7.11 Å². The van der Waals surface area contributed by atoms with Crippen LogP contribution in [0, 0.1) is 0 Å². The molecule has 0 atom stereocenters. The molecule has 0 aliphatic rings. The Morgan fingerprint density at radius 3 is 2.82 bits per heavy atom. The Morgan fingerprint density at radius 2 is 2.27 bits per heavy atom. The number of ether oxygens (including phenoxy) is 1. The van der Waals surface area contributed by atoms with Gasteiger partial charge in [-0.05, 0) is 23.8 Å². The number of hydrogen-bond acceptors (Lipinski definition) is 1. The largest absolute Gasteiger partial charge is 0.497 e. The molecular formula is C8H8BBrO. The molecule has 0 amide bonds. The zero-order chi connectivity index (χ0) is 8.27. The van der Waals surface area contributed by atoms with Crippen molar-refractivity contribution in [2.24, 2.45) is 0 Å². The first-order valence-corrected chi connectivity index (χ1v) is 4.09. The highest BCUT2D eigenvalue weighted by atomic mass is 79.9. The molecule has 1 rings (SSSR count). The number of rotatable bonds is 2. The van der Waals surface area contributed by atoms with Gasteiger partial charge in [-0.15, -0.1) is 0 Å². The van der Waals surface area contributed by atoms with E-state index in [1.54, 1.807) is 7.11 Å². The maximum Gasteiger partial charge on any atom is 0.121 e. The average molecular weight is 211 g/mol. The average Bonchev–Trinajstić information content (AvgIpc) is 2.04. The fourth-order valence-corrected chi connectivity index (χ4v) is 1.32. The summed E-state index contributed by atoms with van der Waals surface area (Å²) in [7, 11) is 7.14. The summed E-state index contributed by atoms with van der Waals surface area (Å²) in [5.74, 6) is 0.843. The Hall–Kier alpha value is -0.435. The quantitative estimate of drug-likeness (QED) is 0.680. The second kappa shape index (κ2) is 3.81. The van der Waals surface area contributed by atoms with Crippen molar-refractivity contribution in [3.63, 3.8) is 0 Å². The van der Waals surface area contributed by atoms with Gasteiger partial charge in [0.15, 0.2) is 0 Å². The van der Waals surface area contributed by atoms with Gasteiger partial charge in [-0.2, -0.15) is 0 Å². The van der Waals surface area contributed by atoms with Crippen LogP contribution in [0.15, 0.2) is 22.7 Å². The van der Waals surface area contributed by atoms with Crippen molar-refractivity contribution in [1.82, 2.24) is 0 Å². The second-order valence-corrected chi connectivity index (χ2v) is 3.08. The maximum atomic E-state index is 5.49. The summed E-state index contributed by atoms with van der Waals surface area (Å²) in [4.78, 5) is 0. The van der Waals surface area contributed by atoms with E-state index in [0.29, 0.717) is 6.32 Å². The van der Waals surface area contributed by atoms with Gasteiger partial charge in [0.25, 0.3) is 0 Å². The minimum absolute atomic E-state index is 0.503. The predicted molar refractivity (Wildman–Crippen MR) is 50.2 cm³/mol. The van der Waals surface area contributed by atoms with Crippen LogP contribution in [0.4, 0.5) is 0 Å². The SMILES string of the molecule is [B]Cc1cc(Br)ccc1OC. The maximum absolute atomic E-state index is 5.49. The molecule has 11 heavy (non-hydrogen) atoms. The van der Waals surface area contributed by atoms with Crippen molar-refractivity contribution < 1.29 is 4.74 Å². The van der Waals surface area contributed by atoms with Gasteiger partial charge in [-0.3, -0.25) is 0 Å². The number of benzene rings is 1. The van der Waals surface area contributed by atoms with E-state index < -0.39 is 0 Å². The van der Waals surface area contributed by atoms with Crippen molar-refractivity contribution in [2.45, 2.75) is 6.32 Å². The Morgan fingerprint density at radius 1 is 1.55 bits per heavy atom. The van der Waals surface area contributed by atoms with Crippen LogP contribution >= 0.6 is 15.9 Å². The third kappa shape index (κ3) is 1.99. The predicted octanol–water partition coefficient (Wildman–Crippen LogP) is 2.13. The molecule has 0 saturated heterocycles. The Bertz CT molecular complexity index is 250. The third-order valence-electron chi connectivity index (χ3n) is 1.46. The summed E-state index contributed by atoms with van der Waals surface area (Å²) in [6.07, 6.45) is 0.503. The molecule has 1 aromatic rings. The topological polar surface area (TPSA) is 9.23 Å². The highest BCUT2D eigenvalue weighted by Crippen LogP contribution is 2.22. The standard InChI is InChI=1S/C8H8BBrO/c1-11-8-3-2-7(10)4-6(8)5-9/h2-4H,5H2,1H3. The van der Waals surface area contributed by atoms with E-state index in [9.17, 15) is 0 Å². The van der Waals surface area contributed by atoms with Gasteiger partial charge in [0, 0.05) is 4.47 Å². The first kappa shape index (κ1) is 8.66. The molecule has 3 heteroatoms. The van der Waals surface area contributed by atoms with Gasteiger partial charge < -0.3 is 4.74 Å². The van der Waals surface area contributed by atoms with Gasteiger partial charge in [-0.25, -0.2) is 0 Å². The fraction of sp³-hybridized carbons (Fsp3) is 0.250. The van der Waals surface area contributed by atoms with E-state index in [4.69, 9.17) is 12.6 Å². The number of halogens is 1. The van der Waals surface area contributed by atoms with Gasteiger partial charge in [0.2, 0.25) is 0 Å². The molecule has 2 radical (unpaired) electrons. The molecule has 0 heterocycles. The van der Waals surface area contributed by atoms with Crippen LogP contribution < -0.4 is 4.74 Å². The van der Waals surface area contributed by atoms with Crippen molar-refractivity contribution in [3.05, 3.63) is 28.2 Å². The third-order valence-corrected chi connectivity index (χ3v) is 1.96. The van der Waals surface area contributed by atoms with Crippen LogP contribution in [0.25, 0.3) is 0 Å². The van der Waals surface area contributed by atoms with E-state index >= 15 is 0 Å². The summed E-state index contributed by atoms with van der Waals surface area (Å²) in [6.45, 7) is 0. The lowest BCUT2D eigenvalue weighted by Gasteiger charge is -2.05. The first-order valence-electron chi connectivity index (χ1n) is 3.30. The molecule has 0 bridgehead atoms. The van der Waals surface area contributed by atoms with Gasteiger partial charge >= 0.3 is 0 Å². The van der Waals surface area contributed by atoms with E-state index in [-0.39, 0.29) is 0 Å². The molecule has 0 aliphatic carbocycles. The zero-order valence-corrected chi connectivity index (χ0v) is 7.89. The van der Waals surface area contributed by atoms with Crippen LogP contribution in [0.1, 0.15) is 5.56 Å². The minimum atomic E-state index is 0.503. The smallest absolute Gasteiger partial charge is 0.121 e. The Balaban J connectivity index is 3.06. The molecule has 0 N–H and O–H groups in total. The van der Waals surface area contributed by atoms with Crippen LogP contribution in [0.3, 0.4) is 0 Å². The fourth-order valence-electron chi connectivity index (χ4n) is 0.907. The lowest BCUT2D eigenvalue weighted by molar-refractivity contribution is 0.411. The summed E-state index contributed by atoms with van der Waals surface area (Å²) in [5, 5.41) is 0.